The van der Waals surface area contributed by atoms with Crippen molar-refractivity contribution in [1.82, 2.24) is 10.3 Å². The van der Waals surface area contributed by atoms with Crippen molar-refractivity contribution in [2.24, 2.45) is 0 Å². The molecule has 1 aromatic heterocycles. The number of aromatic nitrogens is 1. The van der Waals surface area contributed by atoms with Gasteiger partial charge < -0.3 is 10.6 Å². The van der Waals surface area contributed by atoms with Gasteiger partial charge in [0.2, 0.25) is 0 Å². The summed E-state index contributed by atoms with van der Waals surface area (Å²) in [6.45, 7) is 6.43. The van der Waals surface area contributed by atoms with Crippen LogP contribution in [-0.4, -0.2) is 23.5 Å². The zero-order chi connectivity index (χ0) is 14.3. The van der Waals surface area contributed by atoms with Gasteiger partial charge in [-0.1, -0.05) is 19.8 Å². The summed E-state index contributed by atoms with van der Waals surface area (Å²) in [7, 11) is 0. The third kappa shape index (κ3) is 4.50. The van der Waals surface area contributed by atoms with Crippen molar-refractivity contribution in [2.75, 3.05) is 11.9 Å². The maximum Gasteiger partial charge on any atom is 0.254 e. The lowest BCUT2D eigenvalue weighted by Gasteiger charge is -2.14. The largest absolute Gasteiger partial charge is 0.368 e. The van der Waals surface area contributed by atoms with E-state index in [1.54, 1.807) is 0 Å². The number of nitrogens with zero attached hydrogens (tertiary/aromatic N) is 1. The fourth-order valence-corrected chi connectivity index (χ4v) is 1.79. The van der Waals surface area contributed by atoms with Crippen LogP contribution in [0.3, 0.4) is 0 Å². The molecule has 0 radical (unpaired) electrons. The molecule has 2 N–H and O–H groups in total. The van der Waals surface area contributed by atoms with Crippen molar-refractivity contribution in [3.8, 4) is 0 Å². The Morgan fingerprint density at radius 2 is 2.21 bits per heavy atom. The van der Waals surface area contributed by atoms with Gasteiger partial charge in [-0.05, 0) is 26.3 Å². The van der Waals surface area contributed by atoms with Crippen molar-refractivity contribution in [3.05, 3.63) is 23.6 Å². The average Bonchev–Trinajstić information content (AvgIpc) is 2.39. The number of rotatable bonds is 7. The highest BCUT2D eigenvalue weighted by molar-refractivity contribution is 5.95. The van der Waals surface area contributed by atoms with Crippen LogP contribution in [0.2, 0.25) is 0 Å². The molecule has 0 saturated heterocycles. The summed E-state index contributed by atoms with van der Waals surface area (Å²) >= 11 is 0. The van der Waals surface area contributed by atoms with E-state index >= 15 is 0 Å². The van der Waals surface area contributed by atoms with Crippen LogP contribution in [0.5, 0.6) is 0 Å². The second kappa shape index (κ2) is 7.71. The highest BCUT2D eigenvalue weighted by atomic mass is 19.1. The van der Waals surface area contributed by atoms with Gasteiger partial charge in [-0.2, -0.15) is 0 Å². The number of hydrogen-bond acceptors (Lipinski definition) is 3. The van der Waals surface area contributed by atoms with Gasteiger partial charge in [-0.3, -0.25) is 4.79 Å². The summed E-state index contributed by atoms with van der Waals surface area (Å²) in [4.78, 5) is 15.9. The molecule has 0 fully saturated rings. The molecule has 0 aliphatic heterocycles. The zero-order valence-corrected chi connectivity index (χ0v) is 11.8. The molecule has 0 aromatic carbocycles. The third-order valence-corrected chi connectivity index (χ3v) is 2.85. The molecule has 1 aromatic rings. The van der Waals surface area contributed by atoms with E-state index in [2.05, 4.69) is 22.5 Å². The number of halogens is 1. The SMILES string of the molecule is CCCCC(C)NC(=O)c1ccnc(NCC)c1F. The first-order chi connectivity index (χ1) is 9.10. The monoisotopic (exact) mass is 267 g/mol. The second-order valence-electron chi connectivity index (χ2n) is 4.57. The van der Waals surface area contributed by atoms with Crippen molar-refractivity contribution >= 4 is 11.7 Å². The zero-order valence-electron chi connectivity index (χ0n) is 11.8. The Morgan fingerprint density at radius 1 is 1.47 bits per heavy atom. The average molecular weight is 267 g/mol. The molecule has 0 aliphatic rings. The van der Waals surface area contributed by atoms with Crippen molar-refractivity contribution in [2.45, 2.75) is 46.1 Å². The summed E-state index contributed by atoms with van der Waals surface area (Å²) in [6, 6.07) is 1.44. The highest BCUT2D eigenvalue weighted by Crippen LogP contribution is 2.15. The number of nitrogens with one attached hydrogen (secondary N) is 2. The number of pyridine rings is 1. The Balaban J connectivity index is 2.74. The van der Waals surface area contributed by atoms with Gasteiger partial charge in [-0.15, -0.1) is 0 Å². The number of unbranched alkanes of at least 4 members (excludes halogenated alkanes) is 1. The molecule has 1 amide bonds. The van der Waals surface area contributed by atoms with E-state index in [1.165, 1.54) is 12.3 Å². The Kier molecular flexibility index (Phi) is 6.25. The minimum atomic E-state index is -0.593. The molecule has 1 rings (SSSR count). The van der Waals surface area contributed by atoms with Crippen LogP contribution >= 0.6 is 0 Å². The van der Waals surface area contributed by atoms with Crippen LogP contribution in [0, 0.1) is 5.82 Å². The second-order valence-corrected chi connectivity index (χ2v) is 4.57. The van der Waals surface area contributed by atoms with Crippen molar-refractivity contribution < 1.29 is 9.18 Å². The lowest BCUT2D eigenvalue weighted by molar-refractivity contribution is 0.0934. The van der Waals surface area contributed by atoms with Gasteiger partial charge in [0.25, 0.3) is 5.91 Å². The molecule has 106 valence electrons. The summed E-state index contributed by atoms with van der Waals surface area (Å²) in [5.41, 5.74) is 0.0364. The van der Waals surface area contributed by atoms with Crippen LogP contribution in [0.25, 0.3) is 0 Å². The molecule has 0 aliphatic carbocycles. The summed E-state index contributed by atoms with van der Waals surface area (Å²) in [5.74, 6) is -0.858. The van der Waals surface area contributed by atoms with Crippen LogP contribution in [0.15, 0.2) is 12.3 Å². The lowest BCUT2D eigenvalue weighted by Crippen LogP contribution is -2.33. The lowest BCUT2D eigenvalue weighted by atomic mass is 10.1. The molecule has 1 atom stereocenters. The molecule has 19 heavy (non-hydrogen) atoms. The van der Waals surface area contributed by atoms with Gasteiger partial charge in [0.1, 0.15) is 0 Å². The van der Waals surface area contributed by atoms with E-state index in [-0.39, 0.29) is 23.3 Å². The van der Waals surface area contributed by atoms with Gasteiger partial charge in [0.15, 0.2) is 11.6 Å². The number of carbonyl (C=O) groups excluding carboxylic acids is 1. The molecule has 5 heteroatoms. The van der Waals surface area contributed by atoms with E-state index in [4.69, 9.17) is 0 Å². The van der Waals surface area contributed by atoms with E-state index in [9.17, 15) is 9.18 Å². The molecule has 1 unspecified atom stereocenters. The first kappa shape index (κ1) is 15.4. The molecule has 0 spiro atoms. The van der Waals surface area contributed by atoms with Crippen LogP contribution in [0.4, 0.5) is 10.2 Å². The van der Waals surface area contributed by atoms with Gasteiger partial charge in [0, 0.05) is 18.8 Å². The van der Waals surface area contributed by atoms with Gasteiger partial charge >= 0.3 is 0 Å². The van der Waals surface area contributed by atoms with Crippen LogP contribution in [0.1, 0.15) is 50.4 Å². The van der Waals surface area contributed by atoms with E-state index in [0.717, 1.165) is 19.3 Å². The van der Waals surface area contributed by atoms with E-state index in [1.807, 2.05) is 13.8 Å². The predicted octanol–water partition coefficient (Wildman–Crippen LogP) is 2.96. The number of amides is 1. The third-order valence-electron chi connectivity index (χ3n) is 2.85. The molecular weight excluding hydrogens is 245 g/mol. The fourth-order valence-electron chi connectivity index (χ4n) is 1.79. The first-order valence-electron chi connectivity index (χ1n) is 6.79. The maximum absolute atomic E-state index is 14.0. The van der Waals surface area contributed by atoms with E-state index < -0.39 is 5.82 Å². The molecule has 0 saturated carbocycles. The Morgan fingerprint density at radius 3 is 2.84 bits per heavy atom. The summed E-state index contributed by atoms with van der Waals surface area (Å²) < 4.78 is 14.0. The molecular formula is C14H22FN3O. The smallest absolute Gasteiger partial charge is 0.254 e. The predicted molar refractivity (Wildman–Crippen MR) is 74.8 cm³/mol. The fraction of sp³-hybridized carbons (Fsp3) is 0.571. The molecule has 1 heterocycles. The Hall–Kier alpha value is -1.65. The minimum absolute atomic E-state index is 0.0364. The normalized spacial score (nSPS) is 12.0. The highest BCUT2D eigenvalue weighted by Gasteiger charge is 2.17. The van der Waals surface area contributed by atoms with Gasteiger partial charge in [-0.25, -0.2) is 9.37 Å². The number of hydrogen-bond donors (Lipinski definition) is 2. The quantitative estimate of drug-likeness (QED) is 0.798. The Bertz CT molecular complexity index is 423. The van der Waals surface area contributed by atoms with Crippen molar-refractivity contribution in [3.63, 3.8) is 0 Å². The van der Waals surface area contributed by atoms with Gasteiger partial charge in [0.05, 0.1) is 5.56 Å². The maximum atomic E-state index is 14.0. The van der Waals surface area contributed by atoms with E-state index in [0.29, 0.717) is 6.54 Å². The van der Waals surface area contributed by atoms with Crippen molar-refractivity contribution in [1.29, 1.82) is 0 Å². The summed E-state index contributed by atoms with van der Waals surface area (Å²) in [5, 5.41) is 5.60. The van der Waals surface area contributed by atoms with Crippen LogP contribution in [-0.2, 0) is 0 Å². The first-order valence-corrected chi connectivity index (χ1v) is 6.79. The standard InChI is InChI=1S/C14H22FN3O/c1-4-6-7-10(3)18-14(19)11-8-9-17-13(12(11)15)16-5-2/h8-10H,4-7H2,1-3H3,(H,16,17)(H,18,19). The number of anilines is 1. The van der Waals surface area contributed by atoms with Crippen LogP contribution < -0.4 is 10.6 Å². The minimum Gasteiger partial charge on any atom is -0.368 e. The Labute approximate surface area is 113 Å². The topological polar surface area (TPSA) is 54.0 Å². The molecule has 0 bridgehead atoms. The number of carbonyl (C=O) groups is 1. The summed E-state index contributed by atoms with van der Waals surface area (Å²) in [6.07, 6.45) is 4.46. The molecule has 4 nitrogen and oxygen atoms in total.